The standard InChI is InChI=1S/C26H21N3O/c1-17-11-13-19(14-12-17)29-25(28-24-10-6-4-8-22(24)26(29)30)16-15-20-18(2)27-23-9-5-3-7-21(20)23/h3-16,27H,1-2H3. The minimum absolute atomic E-state index is 0.0697. The molecule has 146 valence electrons. The minimum Gasteiger partial charge on any atom is -0.358 e. The van der Waals surface area contributed by atoms with Crippen LogP contribution in [0, 0.1) is 13.8 Å². The Morgan fingerprint density at radius 1 is 0.833 bits per heavy atom. The van der Waals surface area contributed by atoms with Crippen molar-refractivity contribution in [3.05, 3.63) is 106 Å². The lowest BCUT2D eigenvalue weighted by atomic mass is 10.1. The molecule has 0 amide bonds. The summed E-state index contributed by atoms with van der Waals surface area (Å²) in [5.41, 5.74) is 5.85. The summed E-state index contributed by atoms with van der Waals surface area (Å²) < 4.78 is 1.68. The van der Waals surface area contributed by atoms with Crippen molar-refractivity contribution in [3.8, 4) is 5.69 Å². The molecule has 2 heterocycles. The van der Waals surface area contributed by atoms with E-state index in [9.17, 15) is 4.79 Å². The molecule has 5 aromatic rings. The summed E-state index contributed by atoms with van der Waals surface area (Å²) in [6, 6.07) is 23.6. The molecule has 5 rings (SSSR count). The largest absolute Gasteiger partial charge is 0.358 e. The lowest BCUT2D eigenvalue weighted by Crippen LogP contribution is -2.22. The first kappa shape index (κ1) is 18.1. The third kappa shape index (κ3) is 3.03. The maximum absolute atomic E-state index is 13.4. The van der Waals surface area contributed by atoms with Crippen LogP contribution in [0.15, 0.2) is 77.6 Å². The van der Waals surface area contributed by atoms with Gasteiger partial charge in [0.2, 0.25) is 0 Å². The lowest BCUT2D eigenvalue weighted by molar-refractivity contribution is 0.943. The van der Waals surface area contributed by atoms with Crippen LogP contribution in [0.2, 0.25) is 0 Å². The fraction of sp³-hybridized carbons (Fsp3) is 0.0769. The number of aromatic nitrogens is 3. The normalized spacial score (nSPS) is 11.7. The zero-order chi connectivity index (χ0) is 20.7. The second-order valence-corrected chi connectivity index (χ2v) is 7.51. The summed E-state index contributed by atoms with van der Waals surface area (Å²) in [7, 11) is 0. The third-order valence-corrected chi connectivity index (χ3v) is 5.44. The van der Waals surface area contributed by atoms with Crippen molar-refractivity contribution in [2.75, 3.05) is 0 Å². The van der Waals surface area contributed by atoms with Crippen LogP contribution >= 0.6 is 0 Å². The van der Waals surface area contributed by atoms with E-state index in [1.54, 1.807) is 4.57 Å². The van der Waals surface area contributed by atoms with Crippen LogP contribution in [-0.2, 0) is 0 Å². The second-order valence-electron chi connectivity index (χ2n) is 7.51. The van der Waals surface area contributed by atoms with Crippen LogP contribution in [-0.4, -0.2) is 14.5 Å². The number of H-pyrrole nitrogens is 1. The number of para-hydroxylation sites is 2. The molecule has 0 bridgehead atoms. The van der Waals surface area contributed by atoms with Crippen molar-refractivity contribution in [1.82, 2.24) is 14.5 Å². The molecule has 0 aliphatic rings. The highest BCUT2D eigenvalue weighted by atomic mass is 16.1. The molecule has 3 aromatic carbocycles. The molecule has 0 fully saturated rings. The molecule has 0 aliphatic heterocycles. The molecular formula is C26H21N3O. The van der Waals surface area contributed by atoms with Gasteiger partial charge in [0, 0.05) is 22.2 Å². The molecule has 4 heteroatoms. The van der Waals surface area contributed by atoms with Crippen molar-refractivity contribution in [2.45, 2.75) is 13.8 Å². The number of nitrogens with zero attached hydrogens (tertiary/aromatic N) is 2. The first-order valence-electron chi connectivity index (χ1n) is 9.96. The van der Waals surface area contributed by atoms with E-state index in [4.69, 9.17) is 4.98 Å². The highest BCUT2D eigenvalue weighted by Crippen LogP contribution is 2.24. The zero-order valence-electron chi connectivity index (χ0n) is 16.9. The first-order chi connectivity index (χ1) is 14.6. The van der Waals surface area contributed by atoms with E-state index < -0.39 is 0 Å². The lowest BCUT2D eigenvalue weighted by Gasteiger charge is -2.11. The van der Waals surface area contributed by atoms with E-state index in [-0.39, 0.29) is 5.56 Å². The number of aromatic amines is 1. The minimum atomic E-state index is -0.0697. The Bertz CT molecular complexity index is 1470. The summed E-state index contributed by atoms with van der Waals surface area (Å²) >= 11 is 0. The van der Waals surface area contributed by atoms with Gasteiger partial charge in [-0.25, -0.2) is 4.98 Å². The number of fused-ring (bicyclic) bond motifs is 2. The van der Waals surface area contributed by atoms with Crippen LogP contribution in [0.3, 0.4) is 0 Å². The molecule has 0 aliphatic carbocycles. The van der Waals surface area contributed by atoms with Crippen LogP contribution in [0.5, 0.6) is 0 Å². The maximum atomic E-state index is 13.4. The van der Waals surface area contributed by atoms with E-state index in [2.05, 4.69) is 24.0 Å². The highest BCUT2D eigenvalue weighted by Gasteiger charge is 2.12. The summed E-state index contributed by atoms with van der Waals surface area (Å²) in [6.45, 7) is 4.09. The van der Waals surface area contributed by atoms with Gasteiger partial charge >= 0.3 is 0 Å². The van der Waals surface area contributed by atoms with Crippen molar-refractivity contribution < 1.29 is 0 Å². The number of hydrogen-bond donors (Lipinski definition) is 1. The Morgan fingerprint density at radius 2 is 1.53 bits per heavy atom. The van der Waals surface area contributed by atoms with Crippen LogP contribution in [0.1, 0.15) is 22.6 Å². The molecule has 0 radical (unpaired) electrons. The Morgan fingerprint density at radius 3 is 2.33 bits per heavy atom. The van der Waals surface area contributed by atoms with Crippen molar-refractivity contribution in [3.63, 3.8) is 0 Å². The fourth-order valence-corrected chi connectivity index (χ4v) is 3.88. The van der Waals surface area contributed by atoms with E-state index in [0.717, 1.165) is 33.4 Å². The van der Waals surface area contributed by atoms with Crippen LogP contribution in [0.4, 0.5) is 0 Å². The zero-order valence-corrected chi connectivity index (χ0v) is 16.9. The molecular weight excluding hydrogens is 370 g/mol. The number of benzene rings is 3. The molecule has 0 unspecified atom stereocenters. The average molecular weight is 391 g/mol. The van der Waals surface area contributed by atoms with Gasteiger partial charge in [-0.1, -0.05) is 48.0 Å². The summed E-state index contributed by atoms with van der Waals surface area (Å²) in [6.07, 6.45) is 3.96. The molecule has 0 saturated heterocycles. The van der Waals surface area contributed by atoms with E-state index in [1.807, 2.05) is 79.7 Å². The molecule has 2 aromatic heterocycles. The Balaban J connectivity index is 1.74. The number of hydrogen-bond acceptors (Lipinski definition) is 2. The van der Waals surface area contributed by atoms with Crippen LogP contribution in [0.25, 0.3) is 39.6 Å². The molecule has 0 atom stereocenters. The molecule has 30 heavy (non-hydrogen) atoms. The van der Waals surface area contributed by atoms with E-state index in [1.165, 1.54) is 0 Å². The summed E-state index contributed by atoms with van der Waals surface area (Å²) in [4.78, 5) is 21.6. The van der Waals surface area contributed by atoms with Gasteiger partial charge in [0.15, 0.2) is 0 Å². The van der Waals surface area contributed by atoms with E-state index >= 15 is 0 Å². The van der Waals surface area contributed by atoms with Gasteiger partial charge in [-0.05, 0) is 56.3 Å². The number of aryl methyl sites for hydroxylation is 2. The maximum Gasteiger partial charge on any atom is 0.266 e. The van der Waals surface area contributed by atoms with Crippen molar-refractivity contribution in [1.29, 1.82) is 0 Å². The van der Waals surface area contributed by atoms with Crippen molar-refractivity contribution in [2.24, 2.45) is 0 Å². The second kappa shape index (κ2) is 7.16. The quantitative estimate of drug-likeness (QED) is 0.432. The van der Waals surface area contributed by atoms with Gasteiger partial charge in [-0.3, -0.25) is 9.36 Å². The van der Waals surface area contributed by atoms with Gasteiger partial charge < -0.3 is 4.98 Å². The first-order valence-corrected chi connectivity index (χ1v) is 9.96. The molecule has 1 N–H and O–H groups in total. The SMILES string of the molecule is Cc1ccc(-n2c(C=Cc3c(C)[nH]c4ccccc34)nc3ccccc3c2=O)cc1. The van der Waals surface area contributed by atoms with Gasteiger partial charge in [0.25, 0.3) is 5.56 Å². The molecule has 4 nitrogen and oxygen atoms in total. The van der Waals surface area contributed by atoms with Gasteiger partial charge in [0.1, 0.15) is 5.82 Å². The highest BCUT2D eigenvalue weighted by molar-refractivity contribution is 5.93. The van der Waals surface area contributed by atoms with Crippen LogP contribution < -0.4 is 5.56 Å². The topological polar surface area (TPSA) is 50.7 Å². The molecule has 0 saturated carbocycles. The Kier molecular flexibility index (Phi) is 4.32. The predicted octanol–water partition coefficient (Wildman–Crippen LogP) is 5.65. The van der Waals surface area contributed by atoms with Crippen molar-refractivity contribution >= 4 is 34.0 Å². The summed E-state index contributed by atoms with van der Waals surface area (Å²) in [5, 5.41) is 1.76. The number of nitrogens with one attached hydrogen (secondary N) is 1. The molecule has 0 spiro atoms. The van der Waals surface area contributed by atoms with Gasteiger partial charge in [0.05, 0.1) is 16.6 Å². The third-order valence-electron chi connectivity index (χ3n) is 5.44. The predicted molar refractivity (Wildman–Crippen MR) is 124 cm³/mol. The Labute approximate surface area is 174 Å². The monoisotopic (exact) mass is 391 g/mol. The van der Waals surface area contributed by atoms with Gasteiger partial charge in [-0.15, -0.1) is 0 Å². The average Bonchev–Trinajstić information content (AvgIpc) is 3.08. The number of rotatable bonds is 3. The summed E-state index contributed by atoms with van der Waals surface area (Å²) in [5.74, 6) is 0.604. The van der Waals surface area contributed by atoms with Gasteiger partial charge in [-0.2, -0.15) is 0 Å². The fourth-order valence-electron chi connectivity index (χ4n) is 3.88. The smallest absolute Gasteiger partial charge is 0.266 e. The Hall–Kier alpha value is -3.92. The van der Waals surface area contributed by atoms with E-state index in [0.29, 0.717) is 16.7 Å².